The lowest BCUT2D eigenvalue weighted by atomic mass is 10.1. The summed E-state index contributed by atoms with van der Waals surface area (Å²) in [5, 5.41) is 3.11. The maximum Gasteiger partial charge on any atom is 0.193 e. The van der Waals surface area contributed by atoms with Gasteiger partial charge in [-0.15, -0.1) is 0 Å². The van der Waals surface area contributed by atoms with Crippen LogP contribution in [-0.2, 0) is 0 Å². The highest BCUT2D eigenvalue weighted by atomic mass is 16.5. The predicted molar refractivity (Wildman–Crippen MR) is 113 cm³/mol. The van der Waals surface area contributed by atoms with Gasteiger partial charge in [-0.1, -0.05) is 12.1 Å². The number of nitrogens with two attached hydrogens (primary N) is 1. The zero-order valence-electron chi connectivity index (χ0n) is 16.6. The smallest absolute Gasteiger partial charge is 0.193 e. The molecule has 0 bridgehead atoms. The fraction of sp³-hybridized carbons (Fsp3) is 0.381. The SMILES string of the molecule is COc1ccc(NC(N)=NCC2CCN(c3ccccc3OC)C2)cc1OC. The lowest BCUT2D eigenvalue weighted by Crippen LogP contribution is -2.25. The third kappa shape index (κ3) is 4.60. The van der Waals surface area contributed by atoms with E-state index in [0.29, 0.717) is 29.9 Å². The van der Waals surface area contributed by atoms with Crippen LogP contribution in [0.25, 0.3) is 0 Å². The largest absolute Gasteiger partial charge is 0.495 e. The highest BCUT2D eigenvalue weighted by Crippen LogP contribution is 2.32. The number of ether oxygens (including phenoxy) is 3. The number of para-hydroxylation sites is 2. The molecule has 0 saturated carbocycles. The van der Waals surface area contributed by atoms with Crippen molar-refractivity contribution in [3.05, 3.63) is 42.5 Å². The summed E-state index contributed by atoms with van der Waals surface area (Å²) in [6.45, 7) is 2.61. The number of guanidine groups is 1. The number of aliphatic imine (C=N–C) groups is 1. The van der Waals surface area contributed by atoms with E-state index < -0.39 is 0 Å². The molecule has 1 atom stereocenters. The van der Waals surface area contributed by atoms with Crippen LogP contribution in [0.4, 0.5) is 11.4 Å². The minimum atomic E-state index is 0.392. The number of rotatable bonds is 7. The molecule has 0 radical (unpaired) electrons. The van der Waals surface area contributed by atoms with E-state index in [2.05, 4.69) is 21.3 Å². The van der Waals surface area contributed by atoms with Crippen molar-refractivity contribution in [3.8, 4) is 17.2 Å². The summed E-state index contributed by atoms with van der Waals surface area (Å²) >= 11 is 0. The van der Waals surface area contributed by atoms with Crippen LogP contribution in [0.5, 0.6) is 17.2 Å². The van der Waals surface area contributed by atoms with Crippen LogP contribution in [0.1, 0.15) is 6.42 Å². The number of nitrogens with zero attached hydrogens (tertiary/aromatic N) is 2. The van der Waals surface area contributed by atoms with Crippen LogP contribution in [-0.4, -0.2) is 46.9 Å². The van der Waals surface area contributed by atoms with Gasteiger partial charge in [-0.2, -0.15) is 0 Å². The standard InChI is InChI=1S/C21H28N4O3/c1-26-18-7-5-4-6-17(18)25-11-10-15(14-25)13-23-21(22)24-16-8-9-19(27-2)20(12-16)28-3/h4-9,12,15H,10-11,13-14H2,1-3H3,(H3,22,23,24). The predicted octanol–water partition coefficient (Wildman–Crippen LogP) is 2.97. The Morgan fingerprint density at radius 2 is 1.82 bits per heavy atom. The van der Waals surface area contributed by atoms with Crippen LogP contribution in [0.2, 0.25) is 0 Å². The summed E-state index contributed by atoms with van der Waals surface area (Å²) < 4.78 is 16.0. The second-order valence-electron chi connectivity index (χ2n) is 6.69. The lowest BCUT2D eigenvalue weighted by Gasteiger charge is -2.21. The quantitative estimate of drug-likeness (QED) is 0.564. The molecule has 1 fully saturated rings. The third-order valence-electron chi connectivity index (χ3n) is 4.89. The fourth-order valence-corrected chi connectivity index (χ4v) is 3.42. The van der Waals surface area contributed by atoms with E-state index in [1.54, 1.807) is 21.3 Å². The number of hydrogen-bond acceptors (Lipinski definition) is 5. The van der Waals surface area contributed by atoms with Crippen LogP contribution in [0.15, 0.2) is 47.5 Å². The van der Waals surface area contributed by atoms with E-state index in [-0.39, 0.29) is 0 Å². The average Bonchev–Trinajstić information content (AvgIpc) is 3.21. The van der Waals surface area contributed by atoms with Crippen molar-refractivity contribution in [2.45, 2.75) is 6.42 Å². The Labute approximate surface area is 166 Å². The van der Waals surface area contributed by atoms with Gasteiger partial charge < -0.3 is 30.2 Å². The van der Waals surface area contributed by atoms with Gasteiger partial charge in [0.2, 0.25) is 0 Å². The van der Waals surface area contributed by atoms with Gasteiger partial charge in [-0.25, -0.2) is 0 Å². The Morgan fingerprint density at radius 3 is 2.57 bits per heavy atom. The normalized spacial score (nSPS) is 16.8. The first-order valence-corrected chi connectivity index (χ1v) is 9.31. The Morgan fingerprint density at radius 1 is 1.07 bits per heavy atom. The van der Waals surface area contributed by atoms with Gasteiger partial charge >= 0.3 is 0 Å². The minimum Gasteiger partial charge on any atom is -0.495 e. The zero-order valence-corrected chi connectivity index (χ0v) is 16.6. The summed E-state index contributed by atoms with van der Waals surface area (Å²) in [5.74, 6) is 3.06. The molecule has 0 aliphatic carbocycles. The molecule has 0 amide bonds. The second kappa shape index (κ2) is 9.21. The topological polar surface area (TPSA) is 81.3 Å². The van der Waals surface area contributed by atoms with E-state index >= 15 is 0 Å². The third-order valence-corrected chi connectivity index (χ3v) is 4.89. The number of anilines is 2. The first-order valence-electron chi connectivity index (χ1n) is 9.31. The van der Waals surface area contributed by atoms with Gasteiger partial charge in [0.05, 0.1) is 27.0 Å². The van der Waals surface area contributed by atoms with Gasteiger partial charge in [0, 0.05) is 31.4 Å². The van der Waals surface area contributed by atoms with Crippen molar-refractivity contribution in [1.82, 2.24) is 0 Å². The Hall–Kier alpha value is -3.09. The molecule has 2 aromatic carbocycles. The Bertz CT molecular complexity index is 825. The zero-order chi connectivity index (χ0) is 19.9. The highest BCUT2D eigenvalue weighted by Gasteiger charge is 2.24. The van der Waals surface area contributed by atoms with Gasteiger partial charge in [-0.05, 0) is 36.6 Å². The molecule has 1 unspecified atom stereocenters. The summed E-state index contributed by atoms with van der Waals surface area (Å²) in [5.41, 5.74) is 8.01. The molecule has 1 heterocycles. The molecule has 1 aliphatic heterocycles. The molecule has 3 rings (SSSR count). The van der Waals surface area contributed by atoms with Crippen molar-refractivity contribution in [2.24, 2.45) is 16.6 Å². The van der Waals surface area contributed by atoms with E-state index in [1.165, 1.54) is 0 Å². The highest BCUT2D eigenvalue weighted by molar-refractivity contribution is 5.92. The summed E-state index contributed by atoms with van der Waals surface area (Å²) in [4.78, 5) is 6.87. The van der Waals surface area contributed by atoms with Crippen LogP contribution >= 0.6 is 0 Å². The van der Waals surface area contributed by atoms with Crippen LogP contribution in [0, 0.1) is 5.92 Å². The Balaban J connectivity index is 1.57. The molecule has 2 aromatic rings. The van der Waals surface area contributed by atoms with Gasteiger partial charge in [0.25, 0.3) is 0 Å². The van der Waals surface area contributed by atoms with Gasteiger partial charge in [0.1, 0.15) is 5.75 Å². The van der Waals surface area contributed by atoms with Crippen molar-refractivity contribution in [3.63, 3.8) is 0 Å². The maximum atomic E-state index is 6.07. The monoisotopic (exact) mass is 384 g/mol. The minimum absolute atomic E-state index is 0.392. The molecule has 3 N–H and O–H groups in total. The Kier molecular flexibility index (Phi) is 6.47. The summed E-state index contributed by atoms with van der Waals surface area (Å²) in [7, 11) is 4.92. The summed E-state index contributed by atoms with van der Waals surface area (Å²) in [6, 6.07) is 13.7. The number of hydrogen-bond donors (Lipinski definition) is 2. The second-order valence-corrected chi connectivity index (χ2v) is 6.69. The van der Waals surface area contributed by atoms with Crippen molar-refractivity contribution in [1.29, 1.82) is 0 Å². The van der Waals surface area contributed by atoms with Gasteiger partial charge in [-0.3, -0.25) is 4.99 Å². The van der Waals surface area contributed by atoms with Crippen LogP contribution in [0.3, 0.4) is 0 Å². The molecular formula is C21H28N4O3. The van der Waals surface area contributed by atoms with E-state index in [1.807, 2.05) is 36.4 Å². The molecule has 7 heteroatoms. The molecule has 28 heavy (non-hydrogen) atoms. The maximum absolute atomic E-state index is 6.07. The fourth-order valence-electron chi connectivity index (χ4n) is 3.42. The van der Waals surface area contributed by atoms with Crippen molar-refractivity contribution in [2.75, 3.05) is 51.2 Å². The average molecular weight is 384 g/mol. The van der Waals surface area contributed by atoms with Crippen molar-refractivity contribution >= 4 is 17.3 Å². The first kappa shape index (κ1) is 19.7. The van der Waals surface area contributed by atoms with E-state index in [9.17, 15) is 0 Å². The molecule has 1 aliphatic rings. The van der Waals surface area contributed by atoms with E-state index in [0.717, 1.165) is 36.6 Å². The number of nitrogens with one attached hydrogen (secondary N) is 1. The van der Waals surface area contributed by atoms with E-state index in [4.69, 9.17) is 19.9 Å². The van der Waals surface area contributed by atoms with Crippen molar-refractivity contribution < 1.29 is 14.2 Å². The summed E-state index contributed by atoms with van der Waals surface area (Å²) in [6.07, 6.45) is 1.07. The molecule has 1 saturated heterocycles. The molecular weight excluding hydrogens is 356 g/mol. The number of methoxy groups -OCH3 is 3. The molecule has 150 valence electrons. The molecule has 7 nitrogen and oxygen atoms in total. The number of benzene rings is 2. The van der Waals surface area contributed by atoms with Crippen LogP contribution < -0.4 is 30.2 Å². The first-order chi connectivity index (χ1) is 13.6. The lowest BCUT2D eigenvalue weighted by molar-refractivity contribution is 0.355. The molecule has 0 aromatic heterocycles. The van der Waals surface area contributed by atoms with Gasteiger partial charge in [0.15, 0.2) is 17.5 Å². The molecule has 0 spiro atoms.